The molecule has 0 atom stereocenters. The predicted molar refractivity (Wildman–Crippen MR) is 61.3 cm³/mol. The summed E-state index contributed by atoms with van der Waals surface area (Å²) >= 11 is 0. The van der Waals surface area contributed by atoms with Gasteiger partial charge in [-0.15, -0.1) is 0 Å². The second kappa shape index (κ2) is 6.17. The lowest BCUT2D eigenvalue weighted by molar-refractivity contribution is -0.149. The molecule has 0 radical (unpaired) electrons. The second-order valence-corrected chi connectivity index (χ2v) is 5.20. The van der Waals surface area contributed by atoms with Crippen molar-refractivity contribution in [1.29, 1.82) is 0 Å². The summed E-state index contributed by atoms with van der Waals surface area (Å²) < 4.78 is 27.1. The number of carbonyl (C=O) groups is 1. The van der Waals surface area contributed by atoms with E-state index in [1.807, 2.05) is 0 Å². The molecule has 0 aromatic heterocycles. The molecule has 0 aliphatic carbocycles. The Hall–Kier alpha value is -0.660. The minimum atomic E-state index is -3.58. The van der Waals surface area contributed by atoms with E-state index in [0.29, 0.717) is 12.8 Å². The lowest BCUT2D eigenvalue weighted by atomic mass is 9.83. The van der Waals surface area contributed by atoms with Crippen molar-refractivity contribution in [3.8, 4) is 0 Å². The smallest absolute Gasteiger partial charge is 0.310 e. The summed E-state index contributed by atoms with van der Waals surface area (Å²) in [4.78, 5) is 11.1. The van der Waals surface area contributed by atoms with E-state index in [9.17, 15) is 13.2 Å². The molecule has 96 valence electrons. The molecular formula is C9H20N2O4S. The minimum Gasteiger partial charge on any atom is -0.481 e. The number of aliphatic carboxylic acids is 1. The van der Waals surface area contributed by atoms with Crippen molar-refractivity contribution in [2.24, 2.45) is 5.41 Å². The molecule has 6 nitrogen and oxygen atoms in total. The third-order valence-corrected chi connectivity index (χ3v) is 3.94. The first-order valence-electron chi connectivity index (χ1n) is 5.31. The Morgan fingerprint density at radius 1 is 1.19 bits per heavy atom. The largest absolute Gasteiger partial charge is 0.481 e. The van der Waals surface area contributed by atoms with Gasteiger partial charge in [0.2, 0.25) is 0 Å². The van der Waals surface area contributed by atoms with Gasteiger partial charge in [-0.05, 0) is 12.8 Å². The monoisotopic (exact) mass is 252 g/mol. The molecule has 0 heterocycles. The number of rotatable bonds is 8. The standard InChI is InChI=1S/C9H20N2O4S/c1-4-9(5-2,8(12)13)7-11-16(14,15)10-6-3/h10-11H,4-7H2,1-3H3,(H,12,13). The van der Waals surface area contributed by atoms with Crippen LogP contribution in [0.2, 0.25) is 0 Å². The summed E-state index contributed by atoms with van der Waals surface area (Å²) in [6, 6.07) is 0. The van der Waals surface area contributed by atoms with Crippen molar-refractivity contribution < 1.29 is 18.3 Å². The van der Waals surface area contributed by atoms with Crippen molar-refractivity contribution >= 4 is 16.2 Å². The molecule has 0 aromatic rings. The minimum absolute atomic E-state index is 0.0926. The fourth-order valence-electron chi connectivity index (χ4n) is 1.35. The lowest BCUT2D eigenvalue weighted by Gasteiger charge is -2.26. The van der Waals surface area contributed by atoms with Crippen molar-refractivity contribution in [2.45, 2.75) is 33.6 Å². The van der Waals surface area contributed by atoms with Gasteiger partial charge in [-0.2, -0.15) is 8.42 Å². The van der Waals surface area contributed by atoms with Crippen molar-refractivity contribution in [3.63, 3.8) is 0 Å². The molecule has 0 fully saturated rings. The Morgan fingerprint density at radius 3 is 2.00 bits per heavy atom. The molecule has 0 bridgehead atoms. The number of hydrogen-bond acceptors (Lipinski definition) is 3. The van der Waals surface area contributed by atoms with Crippen LogP contribution in [0.15, 0.2) is 0 Å². The van der Waals surface area contributed by atoms with Gasteiger partial charge in [-0.25, -0.2) is 9.44 Å². The summed E-state index contributed by atoms with van der Waals surface area (Å²) in [5, 5.41) is 9.10. The zero-order valence-corrected chi connectivity index (χ0v) is 10.7. The highest BCUT2D eigenvalue weighted by Crippen LogP contribution is 2.25. The Morgan fingerprint density at radius 2 is 1.69 bits per heavy atom. The molecule has 0 aromatic carbocycles. The van der Waals surface area contributed by atoms with Crippen LogP contribution >= 0.6 is 0 Å². The summed E-state index contributed by atoms with van der Waals surface area (Å²) in [5.74, 6) is -0.975. The third kappa shape index (κ3) is 4.07. The van der Waals surface area contributed by atoms with Crippen molar-refractivity contribution in [3.05, 3.63) is 0 Å². The molecule has 0 rings (SSSR count). The Labute approximate surface area is 96.6 Å². The summed E-state index contributed by atoms with van der Waals surface area (Å²) in [7, 11) is -3.58. The first kappa shape index (κ1) is 15.3. The first-order valence-corrected chi connectivity index (χ1v) is 6.79. The summed E-state index contributed by atoms with van der Waals surface area (Å²) in [6.07, 6.45) is 0.765. The lowest BCUT2D eigenvalue weighted by Crippen LogP contribution is -2.46. The van der Waals surface area contributed by atoms with Gasteiger partial charge < -0.3 is 5.11 Å². The zero-order valence-electron chi connectivity index (χ0n) is 9.91. The molecule has 3 N–H and O–H groups in total. The van der Waals surface area contributed by atoms with Crippen molar-refractivity contribution in [1.82, 2.24) is 9.44 Å². The first-order chi connectivity index (χ1) is 7.33. The van der Waals surface area contributed by atoms with Crippen LogP contribution in [0, 0.1) is 5.41 Å². The second-order valence-electron chi connectivity index (χ2n) is 3.62. The van der Waals surface area contributed by atoms with Gasteiger partial charge in [0.25, 0.3) is 10.2 Å². The quantitative estimate of drug-likeness (QED) is 0.580. The molecule has 0 spiro atoms. The zero-order chi connectivity index (χ0) is 12.8. The number of carboxylic acids is 1. The van der Waals surface area contributed by atoms with Crippen molar-refractivity contribution in [2.75, 3.05) is 13.1 Å². The summed E-state index contributed by atoms with van der Waals surface area (Å²) in [5.41, 5.74) is -1.03. The van der Waals surface area contributed by atoms with Crippen LogP contribution in [0.3, 0.4) is 0 Å². The Kier molecular flexibility index (Phi) is 5.91. The average Bonchev–Trinajstić information content (AvgIpc) is 2.19. The van der Waals surface area contributed by atoms with Crippen LogP contribution in [0.25, 0.3) is 0 Å². The van der Waals surface area contributed by atoms with Gasteiger partial charge in [0.15, 0.2) is 0 Å². The van der Waals surface area contributed by atoms with Crippen LogP contribution in [0.1, 0.15) is 33.6 Å². The maximum Gasteiger partial charge on any atom is 0.310 e. The van der Waals surface area contributed by atoms with Gasteiger partial charge in [0.1, 0.15) is 0 Å². The molecular weight excluding hydrogens is 232 g/mol. The topological polar surface area (TPSA) is 95.5 Å². The molecule has 0 aliphatic rings. The van der Waals surface area contributed by atoms with Crippen LogP contribution in [-0.4, -0.2) is 32.6 Å². The predicted octanol–water partition coefficient (Wildman–Crippen LogP) is 0.321. The maximum atomic E-state index is 11.3. The van der Waals surface area contributed by atoms with Gasteiger partial charge >= 0.3 is 5.97 Å². The van der Waals surface area contributed by atoms with Gasteiger partial charge in [-0.3, -0.25) is 4.79 Å². The molecule has 0 saturated carbocycles. The highest BCUT2D eigenvalue weighted by atomic mass is 32.2. The van der Waals surface area contributed by atoms with E-state index in [1.165, 1.54) is 0 Å². The average molecular weight is 252 g/mol. The number of hydrogen-bond donors (Lipinski definition) is 3. The molecule has 0 amide bonds. The van der Waals surface area contributed by atoms with Crippen LogP contribution < -0.4 is 9.44 Å². The number of nitrogens with one attached hydrogen (secondary N) is 2. The Bertz CT molecular complexity index is 322. The van der Waals surface area contributed by atoms with E-state index in [4.69, 9.17) is 5.11 Å². The van der Waals surface area contributed by atoms with Crippen LogP contribution in [-0.2, 0) is 15.0 Å². The number of carboxylic acid groups (broad SMARTS) is 1. The molecule has 7 heteroatoms. The maximum absolute atomic E-state index is 11.3. The molecule has 16 heavy (non-hydrogen) atoms. The van der Waals surface area contributed by atoms with E-state index in [-0.39, 0.29) is 13.1 Å². The molecule has 0 unspecified atom stereocenters. The fraction of sp³-hybridized carbons (Fsp3) is 0.889. The van der Waals surface area contributed by atoms with Gasteiger partial charge in [0.05, 0.1) is 5.41 Å². The molecule has 0 aliphatic heterocycles. The normalized spacial score (nSPS) is 12.7. The van der Waals surface area contributed by atoms with Crippen LogP contribution in [0.5, 0.6) is 0 Å². The third-order valence-electron chi connectivity index (χ3n) is 2.74. The van der Waals surface area contributed by atoms with E-state index >= 15 is 0 Å². The van der Waals surface area contributed by atoms with E-state index in [2.05, 4.69) is 9.44 Å². The van der Waals surface area contributed by atoms with E-state index in [1.54, 1.807) is 20.8 Å². The highest BCUT2D eigenvalue weighted by molar-refractivity contribution is 7.87. The van der Waals surface area contributed by atoms with E-state index in [0.717, 1.165) is 0 Å². The fourth-order valence-corrected chi connectivity index (χ4v) is 2.30. The van der Waals surface area contributed by atoms with Gasteiger partial charge in [-0.1, -0.05) is 20.8 Å². The molecule has 0 saturated heterocycles. The Balaban J connectivity index is 4.62. The summed E-state index contributed by atoms with van der Waals surface area (Å²) in [6.45, 7) is 5.31. The van der Waals surface area contributed by atoms with Crippen LogP contribution in [0.4, 0.5) is 0 Å². The van der Waals surface area contributed by atoms with E-state index < -0.39 is 21.6 Å². The SMILES string of the molecule is CCNS(=O)(=O)NCC(CC)(CC)C(=O)O. The highest BCUT2D eigenvalue weighted by Gasteiger charge is 2.35. The van der Waals surface area contributed by atoms with Gasteiger partial charge in [0, 0.05) is 13.1 Å².